The van der Waals surface area contributed by atoms with E-state index in [1.807, 2.05) is 24.0 Å². The van der Waals surface area contributed by atoms with E-state index in [0.29, 0.717) is 43.4 Å². The van der Waals surface area contributed by atoms with Crippen molar-refractivity contribution in [3.05, 3.63) is 17.7 Å². The molecule has 0 aromatic heterocycles. The van der Waals surface area contributed by atoms with E-state index in [2.05, 4.69) is 0 Å². The standard InChI is InChI=1S/C18H27NO5S/c1-5-24-9-6-8-19-16(20)7-10-25-18(19)17-14(22-3)11-13(21-2)12-15(17)23-4/h11-12,18H,5-10H2,1-4H3. The lowest BCUT2D eigenvalue weighted by Gasteiger charge is -2.36. The molecule has 1 aromatic carbocycles. The highest BCUT2D eigenvalue weighted by atomic mass is 32.2. The number of hydrogen-bond acceptors (Lipinski definition) is 6. The van der Waals surface area contributed by atoms with Crippen LogP contribution in [0.2, 0.25) is 0 Å². The van der Waals surface area contributed by atoms with Crippen LogP contribution in [0, 0.1) is 0 Å². The topological polar surface area (TPSA) is 57.2 Å². The van der Waals surface area contributed by atoms with Gasteiger partial charge in [0.05, 0.1) is 26.9 Å². The number of carbonyl (C=O) groups excluding carboxylic acids is 1. The molecule has 1 aliphatic rings. The summed E-state index contributed by atoms with van der Waals surface area (Å²) < 4.78 is 21.9. The molecule has 140 valence electrons. The Morgan fingerprint density at radius 2 is 1.84 bits per heavy atom. The molecule has 2 rings (SSSR count). The first-order chi connectivity index (χ1) is 12.2. The van der Waals surface area contributed by atoms with Crippen LogP contribution in [0.25, 0.3) is 0 Å². The minimum Gasteiger partial charge on any atom is -0.496 e. The minimum absolute atomic E-state index is 0.140. The van der Waals surface area contributed by atoms with Gasteiger partial charge in [-0.2, -0.15) is 0 Å². The largest absolute Gasteiger partial charge is 0.496 e. The van der Waals surface area contributed by atoms with E-state index in [1.165, 1.54) is 0 Å². The van der Waals surface area contributed by atoms with E-state index in [4.69, 9.17) is 18.9 Å². The van der Waals surface area contributed by atoms with Crippen LogP contribution in [-0.2, 0) is 9.53 Å². The van der Waals surface area contributed by atoms with Gasteiger partial charge in [-0.15, -0.1) is 11.8 Å². The predicted octanol–water partition coefficient (Wildman–Crippen LogP) is 3.10. The first-order valence-corrected chi connectivity index (χ1v) is 9.49. The molecule has 0 spiro atoms. The number of ether oxygens (including phenoxy) is 4. The van der Waals surface area contributed by atoms with Gasteiger partial charge in [0.25, 0.3) is 0 Å². The van der Waals surface area contributed by atoms with Gasteiger partial charge in [-0.3, -0.25) is 4.79 Å². The Morgan fingerprint density at radius 3 is 2.40 bits per heavy atom. The highest BCUT2D eigenvalue weighted by molar-refractivity contribution is 7.99. The summed E-state index contributed by atoms with van der Waals surface area (Å²) in [5, 5.41) is -0.140. The molecule has 1 aromatic rings. The fraction of sp³-hybridized carbons (Fsp3) is 0.611. The second-order valence-electron chi connectivity index (χ2n) is 5.56. The van der Waals surface area contributed by atoms with Crippen LogP contribution in [0.5, 0.6) is 17.2 Å². The average Bonchev–Trinajstić information content (AvgIpc) is 2.65. The van der Waals surface area contributed by atoms with Crippen molar-refractivity contribution in [2.75, 3.05) is 46.8 Å². The molecule has 1 atom stereocenters. The van der Waals surface area contributed by atoms with Gasteiger partial charge in [0.15, 0.2) is 0 Å². The monoisotopic (exact) mass is 369 g/mol. The number of rotatable bonds is 9. The van der Waals surface area contributed by atoms with Gasteiger partial charge in [-0.1, -0.05) is 0 Å². The van der Waals surface area contributed by atoms with E-state index in [9.17, 15) is 4.79 Å². The van der Waals surface area contributed by atoms with Gasteiger partial charge in [0.1, 0.15) is 22.6 Å². The highest BCUT2D eigenvalue weighted by Crippen LogP contribution is 2.47. The fourth-order valence-corrected chi connectivity index (χ4v) is 4.18. The zero-order valence-electron chi connectivity index (χ0n) is 15.4. The highest BCUT2D eigenvalue weighted by Gasteiger charge is 2.34. The van der Waals surface area contributed by atoms with Crippen molar-refractivity contribution in [3.63, 3.8) is 0 Å². The number of hydrogen-bond donors (Lipinski definition) is 0. The van der Waals surface area contributed by atoms with E-state index >= 15 is 0 Å². The van der Waals surface area contributed by atoms with Crippen molar-refractivity contribution in [1.29, 1.82) is 0 Å². The third-order valence-electron chi connectivity index (χ3n) is 4.09. The van der Waals surface area contributed by atoms with Crippen molar-refractivity contribution < 1.29 is 23.7 Å². The maximum atomic E-state index is 12.5. The van der Waals surface area contributed by atoms with E-state index in [1.54, 1.807) is 33.1 Å². The maximum absolute atomic E-state index is 12.5. The number of nitrogens with zero attached hydrogens (tertiary/aromatic N) is 1. The lowest BCUT2D eigenvalue weighted by atomic mass is 10.1. The van der Waals surface area contributed by atoms with Crippen LogP contribution >= 0.6 is 11.8 Å². The Morgan fingerprint density at radius 1 is 1.16 bits per heavy atom. The third kappa shape index (κ3) is 4.73. The van der Waals surface area contributed by atoms with Gasteiger partial charge in [0.2, 0.25) is 5.91 Å². The van der Waals surface area contributed by atoms with E-state index < -0.39 is 0 Å². The predicted molar refractivity (Wildman–Crippen MR) is 98.7 cm³/mol. The summed E-state index contributed by atoms with van der Waals surface area (Å²) in [6.45, 7) is 3.95. The molecule has 1 fully saturated rings. The number of thioether (sulfide) groups is 1. The van der Waals surface area contributed by atoms with Crippen LogP contribution in [0.1, 0.15) is 30.7 Å². The lowest BCUT2D eigenvalue weighted by molar-refractivity contribution is -0.132. The Hall–Kier alpha value is -1.60. The molecule has 0 bridgehead atoms. The fourth-order valence-electron chi connectivity index (χ4n) is 2.86. The summed E-state index contributed by atoms with van der Waals surface area (Å²) >= 11 is 1.73. The summed E-state index contributed by atoms with van der Waals surface area (Å²) in [5.74, 6) is 2.92. The SMILES string of the molecule is CCOCCCN1C(=O)CCSC1c1c(OC)cc(OC)cc1OC. The van der Waals surface area contributed by atoms with Crippen molar-refractivity contribution in [1.82, 2.24) is 4.90 Å². The second kappa shape index (κ2) is 9.77. The van der Waals surface area contributed by atoms with Gasteiger partial charge in [0, 0.05) is 44.1 Å². The molecule has 0 aliphatic carbocycles. The smallest absolute Gasteiger partial charge is 0.224 e. The Balaban J connectivity index is 2.33. The molecule has 1 amide bonds. The summed E-state index contributed by atoms with van der Waals surface area (Å²) in [6, 6.07) is 3.66. The third-order valence-corrected chi connectivity index (χ3v) is 5.33. The first kappa shape index (κ1) is 19.7. The van der Waals surface area contributed by atoms with Gasteiger partial charge in [-0.05, 0) is 13.3 Å². The molecule has 7 heteroatoms. The Bertz CT molecular complexity index is 556. The lowest BCUT2D eigenvalue weighted by Crippen LogP contribution is -2.38. The molecule has 1 saturated heterocycles. The van der Waals surface area contributed by atoms with Crippen molar-refractivity contribution in [3.8, 4) is 17.2 Å². The summed E-state index contributed by atoms with van der Waals surface area (Å²) in [4.78, 5) is 14.4. The molecule has 25 heavy (non-hydrogen) atoms. The quantitative estimate of drug-likeness (QED) is 0.624. The summed E-state index contributed by atoms with van der Waals surface area (Å²) in [5.41, 5.74) is 0.875. The zero-order valence-corrected chi connectivity index (χ0v) is 16.2. The van der Waals surface area contributed by atoms with Crippen molar-refractivity contribution in [2.45, 2.75) is 25.1 Å². The minimum atomic E-state index is -0.140. The molecule has 1 heterocycles. The summed E-state index contributed by atoms with van der Waals surface area (Å²) in [6.07, 6.45) is 1.36. The van der Waals surface area contributed by atoms with Crippen LogP contribution < -0.4 is 14.2 Å². The number of amides is 1. The normalized spacial score (nSPS) is 17.5. The van der Waals surface area contributed by atoms with Crippen LogP contribution in [0.3, 0.4) is 0 Å². The number of benzene rings is 1. The van der Waals surface area contributed by atoms with E-state index in [0.717, 1.165) is 17.7 Å². The van der Waals surface area contributed by atoms with Crippen molar-refractivity contribution in [2.24, 2.45) is 0 Å². The molecule has 1 unspecified atom stereocenters. The number of methoxy groups -OCH3 is 3. The van der Waals surface area contributed by atoms with Crippen LogP contribution in [-0.4, -0.2) is 57.6 Å². The molecule has 1 aliphatic heterocycles. The molecule has 0 saturated carbocycles. The molecular formula is C18H27NO5S. The van der Waals surface area contributed by atoms with Crippen molar-refractivity contribution >= 4 is 17.7 Å². The molecular weight excluding hydrogens is 342 g/mol. The van der Waals surface area contributed by atoms with E-state index in [-0.39, 0.29) is 11.3 Å². The zero-order chi connectivity index (χ0) is 18.2. The van der Waals surface area contributed by atoms with Crippen LogP contribution in [0.15, 0.2) is 12.1 Å². The van der Waals surface area contributed by atoms with Gasteiger partial charge in [-0.25, -0.2) is 0 Å². The molecule has 6 nitrogen and oxygen atoms in total. The van der Waals surface area contributed by atoms with Gasteiger partial charge < -0.3 is 23.8 Å². The molecule has 0 N–H and O–H groups in total. The van der Waals surface area contributed by atoms with Crippen LogP contribution in [0.4, 0.5) is 0 Å². The first-order valence-electron chi connectivity index (χ1n) is 8.45. The number of carbonyl (C=O) groups is 1. The Labute approximate surface area is 153 Å². The summed E-state index contributed by atoms with van der Waals surface area (Å²) in [7, 11) is 4.84. The average molecular weight is 369 g/mol. The maximum Gasteiger partial charge on any atom is 0.224 e. The van der Waals surface area contributed by atoms with Gasteiger partial charge >= 0.3 is 0 Å². The Kier molecular flexibility index (Phi) is 7.71. The molecule has 0 radical (unpaired) electrons. The second-order valence-corrected chi connectivity index (χ2v) is 6.74.